The minimum atomic E-state index is -1.21. The molecule has 2 aliphatic heterocycles. The summed E-state index contributed by atoms with van der Waals surface area (Å²) < 4.78 is 0. The molecule has 2 amide bonds. The summed E-state index contributed by atoms with van der Waals surface area (Å²) in [6.45, 7) is 0. The first-order chi connectivity index (χ1) is 14.9. The molecule has 0 radical (unpaired) electrons. The van der Waals surface area contributed by atoms with Crippen molar-refractivity contribution >= 4 is 88.3 Å². The van der Waals surface area contributed by atoms with Crippen LogP contribution in [0.25, 0.3) is 0 Å². The van der Waals surface area contributed by atoms with E-state index in [4.69, 9.17) is 5.73 Å². The van der Waals surface area contributed by atoms with Gasteiger partial charge in [-0.15, -0.1) is 59.7 Å². The topological polar surface area (TPSA) is 187 Å². The number of H-pyrrole nitrogens is 1. The number of nitrogens with two attached hydrogens (primary N) is 1. The van der Waals surface area contributed by atoms with Gasteiger partial charge in [-0.05, 0) is 0 Å². The van der Waals surface area contributed by atoms with Crippen LogP contribution in [0.15, 0.2) is 33.5 Å². The molecule has 0 spiro atoms. The molecule has 33 heavy (non-hydrogen) atoms. The standard InChI is InChI=1S/C16H15N7O5S3.2ClH/c17-16-20-7(4-31-16)9(22-28)12(24)21-10-13(25)23-11(15(26)27)8(5-30-14(10)23)29-3-6-1-18-19-2-6;;/h1-2,4,10,14,28H,3,5H2,(H2,17,20)(H,18,19)(H,21,24)(H,26,27);2*1H/t10-,14-;;/m1../s1. The maximum absolute atomic E-state index is 12.7. The van der Waals surface area contributed by atoms with Crippen molar-refractivity contribution in [1.82, 2.24) is 25.4 Å². The summed E-state index contributed by atoms with van der Waals surface area (Å²) >= 11 is 3.73. The van der Waals surface area contributed by atoms with Crippen LogP contribution in [0.5, 0.6) is 0 Å². The van der Waals surface area contributed by atoms with E-state index in [1.807, 2.05) is 0 Å². The van der Waals surface area contributed by atoms with Crippen LogP contribution >= 0.6 is 59.7 Å². The number of hydrogen-bond donors (Lipinski definition) is 5. The SMILES string of the molecule is Cl.Cl.Nc1nc(C(=NO)C(=O)N[C@@H]2C(=O)N3C(C(=O)O)=C(SCc4cn[nH]c4)CS[C@H]23)cs1. The number of nitrogen functional groups attached to an aromatic ring is 1. The number of carbonyl (C=O) groups is 3. The molecule has 17 heteroatoms. The van der Waals surface area contributed by atoms with Crippen LogP contribution in [0.2, 0.25) is 0 Å². The maximum Gasteiger partial charge on any atom is 0.353 e. The summed E-state index contributed by atoms with van der Waals surface area (Å²) in [7, 11) is 0. The van der Waals surface area contributed by atoms with Gasteiger partial charge >= 0.3 is 5.97 Å². The number of aromatic nitrogens is 3. The number of hydrogen-bond acceptors (Lipinski definition) is 11. The Morgan fingerprint density at radius 3 is 2.76 bits per heavy atom. The van der Waals surface area contributed by atoms with Crippen molar-refractivity contribution in [3.63, 3.8) is 0 Å². The molecule has 2 aromatic heterocycles. The van der Waals surface area contributed by atoms with Crippen LogP contribution in [0.1, 0.15) is 11.3 Å². The third-order valence-electron chi connectivity index (χ3n) is 4.47. The monoisotopic (exact) mass is 553 g/mol. The summed E-state index contributed by atoms with van der Waals surface area (Å²) in [5, 5.41) is 32.0. The fourth-order valence-corrected chi connectivity index (χ4v) is 6.15. The lowest BCUT2D eigenvalue weighted by Crippen LogP contribution is -2.71. The Morgan fingerprint density at radius 2 is 2.18 bits per heavy atom. The minimum Gasteiger partial charge on any atom is -0.477 e. The van der Waals surface area contributed by atoms with Crippen molar-refractivity contribution < 1.29 is 24.7 Å². The van der Waals surface area contributed by atoms with E-state index in [-0.39, 0.29) is 47.0 Å². The predicted molar refractivity (Wildman–Crippen MR) is 129 cm³/mol. The second-order valence-electron chi connectivity index (χ2n) is 6.35. The van der Waals surface area contributed by atoms with E-state index in [1.54, 1.807) is 12.4 Å². The number of carboxylic acid groups (broad SMARTS) is 1. The average molecular weight is 554 g/mol. The van der Waals surface area contributed by atoms with Gasteiger partial charge in [-0.2, -0.15) is 5.10 Å². The Hall–Kier alpha value is -2.46. The highest BCUT2D eigenvalue weighted by Crippen LogP contribution is 2.44. The van der Waals surface area contributed by atoms with E-state index in [1.165, 1.54) is 33.8 Å². The lowest BCUT2D eigenvalue weighted by molar-refractivity contribution is -0.150. The number of fused-ring (bicyclic) bond motifs is 1. The molecule has 0 aliphatic carbocycles. The largest absolute Gasteiger partial charge is 0.477 e. The molecular formula is C16H17Cl2N7O5S3. The molecule has 0 bridgehead atoms. The van der Waals surface area contributed by atoms with Gasteiger partial charge in [-0.3, -0.25) is 19.6 Å². The fourth-order valence-electron chi connectivity index (χ4n) is 3.05. The summed E-state index contributed by atoms with van der Waals surface area (Å²) in [5.41, 5.74) is 6.04. The molecule has 178 valence electrons. The number of oxime groups is 1. The van der Waals surface area contributed by atoms with Gasteiger partial charge in [0, 0.05) is 33.6 Å². The van der Waals surface area contributed by atoms with Crippen LogP contribution in [-0.4, -0.2) is 71.1 Å². The number of halogens is 2. The highest BCUT2D eigenvalue weighted by atomic mass is 35.5. The van der Waals surface area contributed by atoms with Gasteiger partial charge in [0.15, 0.2) is 10.8 Å². The molecule has 0 aromatic carbocycles. The number of carbonyl (C=O) groups excluding carboxylic acids is 2. The molecule has 12 nitrogen and oxygen atoms in total. The molecule has 2 aromatic rings. The normalized spacial score (nSPS) is 19.7. The molecule has 2 atom stereocenters. The van der Waals surface area contributed by atoms with E-state index in [0.717, 1.165) is 16.9 Å². The number of anilines is 1. The lowest BCUT2D eigenvalue weighted by Gasteiger charge is -2.49. The first-order valence-electron chi connectivity index (χ1n) is 8.66. The third-order valence-corrected chi connectivity index (χ3v) is 7.77. The number of thiazole rings is 1. The second kappa shape index (κ2) is 11.1. The van der Waals surface area contributed by atoms with Crippen LogP contribution < -0.4 is 11.1 Å². The van der Waals surface area contributed by atoms with Gasteiger partial charge in [0.05, 0.1) is 6.20 Å². The minimum absolute atomic E-state index is 0. The van der Waals surface area contributed by atoms with E-state index in [0.29, 0.717) is 16.4 Å². The smallest absolute Gasteiger partial charge is 0.353 e. The van der Waals surface area contributed by atoms with Crippen molar-refractivity contribution in [3.05, 3.63) is 39.6 Å². The van der Waals surface area contributed by atoms with Crippen molar-refractivity contribution in [1.29, 1.82) is 0 Å². The van der Waals surface area contributed by atoms with Crippen LogP contribution in [-0.2, 0) is 20.1 Å². The quantitative estimate of drug-likeness (QED) is 0.144. The van der Waals surface area contributed by atoms with Gasteiger partial charge in [-0.25, -0.2) is 9.78 Å². The van der Waals surface area contributed by atoms with E-state index in [9.17, 15) is 24.7 Å². The van der Waals surface area contributed by atoms with Gasteiger partial charge < -0.3 is 21.4 Å². The predicted octanol–water partition coefficient (Wildman–Crippen LogP) is 1.10. The van der Waals surface area contributed by atoms with Gasteiger partial charge in [0.25, 0.3) is 11.8 Å². The molecule has 0 unspecified atom stereocenters. The Labute approximate surface area is 211 Å². The van der Waals surface area contributed by atoms with E-state index < -0.39 is 29.2 Å². The van der Waals surface area contributed by atoms with Crippen molar-refractivity contribution in [2.75, 3.05) is 11.5 Å². The van der Waals surface area contributed by atoms with Crippen molar-refractivity contribution in [2.24, 2.45) is 5.16 Å². The number of rotatable bonds is 7. The Bertz CT molecular complexity index is 1110. The summed E-state index contributed by atoms with van der Waals surface area (Å²) in [5.74, 6) is -1.71. The molecule has 4 heterocycles. The number of aliphatic carboxylic acids is 1. The number of nitrogens with zero attached hydrogens (tertiary/aromatic N) is 4. The number of thioether (sulfide) groups is 2. The molecule has 1 fully saturated rings. The summed E-state index contributed by atoms with van der Waals surface area (Å²) in [6.07, 6.45) is 3.35. The zero-order chi connectivity index (χ0) is 22.1. The van der Waals surface area contributed by atoms with Gasteiger partial charge in [0.1, 0.15) is 22.8 Å². The van der Waals surface area contributed by atoms with Crippen LogP contribution in [0, 0.1) is 0 Å². The van der Waals surface area contributed by atoms with Crippen molar-refractivity contribution in [2.45, 2.75) is 17.2 Å². The summed E-state index contributed by atoms with van der Waals surface area (Å²) in [6, 6.07) is -0.958. The van der Waals surface area contributed by atoms with E-state index >= 15 is 0 Å². The lowest BCUT2D eigenvalue weighted by atomic mass is 10.0. The summed E-state index contributed by atoms with van der Waals surface area (Å²) in [4.78, 5) is 42.7. The van der Waals surface area contributed by atoms with Gasteiger partial charge in [0.2, 0.25) is 0 Å². The van der Waals surface area contributed by atoms with Crippen molar-refractivity contribution in [3.8, 4) is 0 Å². The maximum atomic E-state index is 12.7. The fraction of sp³-hybridized carbons (Fsp3) is 0.250. The average Bonchev–Trinajstić information content (AvgIpc) is 3.42. The highest BCUT2D eigenvalue weighted by molar-refractivity contribution is 8.05. The van der Waals surface area contributed by atoms with Crippen LogP contribution in [0.3, 0.4) is 0 Å². The molecule has 1 saturated heterocycles. The number of nitrogens with one attached hydrogen (secondary N) is 2. The number of carboxylic acids is 1. The first-order valence-corrected chi connectivity index (χ1v) is 11.6. The Balaban J connectivity index is 0.00000193. The molecule has 0 saturated carbocycles. The third kappa shape index (κ3) is 5.22. The number of aromatic amines is 1. The Morgan fingerprint density at radius 1 is 1.42 bits per heavy atom. The number of amides is 2. The zero-order valence-electron chi connectivity index (χ0n) is 16.3. The molecule has 2 aliphatic rings. The number of β-lactam (4-membered cyclic amide) rings is 1. The molecule has 4 rings (SSSR count). The first kappa shape index (κ1) is 26.8. The molecular weight excluding hydrogens is 537 g/mol. The highest BCUT2D eigenvalue weighted by Gasteiger charge is 2.54. The Kier molecular flexibility index (Phi) is 9.02. The zero-order valence-corrected chi connectivity index (χ0v) is 20.4. The van der Waals surface area contributed by atoms with Gasteiger partial charge in [-0.1, -0.05) is 5.16 Å². The van der Waals surface area contributed by atoms with Crippen LogP contribution in [0.4, 0.5) is 5.13 Å². The molecule has 6 N–H and O–H groups in total. The second-order valence-corrected chi connectivity index (χ2v) is 9.42. The van der Waals surface area contributed by atoms with E-state index in [2.05, 4.69) is 25.7 Å².